The lowest BCUT2D eigenvalue weighted by atomic mass is 9.70. The van der Waals surface area contributed by atoms with E-state index < -0.39 is 29.3 Å². The number of rotatable bonds is 13. The van der Waals surface area contributed by atoms with Crippen molar-refractivity contribution in [3.63, 3.8) is 0 Å². The summed E-state index contributed by atoms with van der Waals surface area (Å²) in [6.45, 7) is 7.99. The number of carboxylic acid groups (broad SMARTS) is 1. The van der Waals surface area contributed by atoms with Gasteiger partial charge in [0.1, 0.15) is 5.75 Å². The van der Waals surface area contributed by atoms with Crippen molar-refractivity contribution in [2.45, 2.75) is 89.6 Å². The first-order valence-corrected chi connectivity index (χ1v) is 13.1. The first-order valence-electron chi connectivity index (χ1n) is 13.1. The summed E-state index contributed by atoms with van der Waals surface area (Å²) in [5.74, 6) is -0.111. The molecule has 2 aromatic carbocycles. The van der Waals surface area contributed by atoms with Crippen molar-refractivity contribution in [2.24, 2.45) is 0 Å². The van der Waals surface area contributed by atoms with Crippen molar-refractivity contribution in [2.75, 3.05) is 6.61 Å². The maximum atomic E-state index is 13.1. The number of ether oxygens (including phenoxy) is 1. The predicted octanol–water partition coefficient (Wildman–Crippen LogP) is 8.30. The van der Waals surface area contributed by atoms with E-state index in [0.717, 1.165) is 29.5 Å². The SMILES string of the molecule is CCC(CC)(c1ccc(C=CC(O)(C(F)(F)F)C(F)(F)F)c(C)c1)c1ccc(OCCCCCC(=O)O)c(C)c1. The number of aliphatic hydroxyl groups is 1. The van der Waals surface area contributed by atoms with Crippen LogP contribution in [0.15, 0.2) is 42.5 Å². The molecule has 4 nitrogen and oxygen atoms in total. The second-order valence-electron chi connectivity index (χ2n) is 9.99. The first kappa shape index (κ1) is 33.2. The van der Waals surface area contributed by atoms with Crippen LogP contribution in [-0.4, -0.2) is 40.7 Å². The Hall–Kier alpha value is -3.01. The van der Waals surface area contributed by atoms with Gasteiger partial charge in [0.05, 0.1) is 6.61 Å². The number of carboxylic acids is 1. The minimum atomic E-state index is -5.93. The molecule has 0 aromatic heterocycles. The Bertz CT molecular complexity index is 1170. The van der Waals surface area contributed by atoms with Gasteiger partial charge in [-0.05, 0) is 85.9 Å². The van der Waals surface area contributed by atoms with Crippen LogP contribution >= 0.6 is 0 Å². The second-order valence-corrected chi connectivity index (χ2v) is 9.99. The molecule has 0 fully saturated rings. The lowest BCUT2D eigenvalue weighted by Crippen LogP contribution is -2.55. The van der Waals surface area contributed by atoms with Gasteiger partial charge in [0.15, 0.2) is 0 Å². The number of halogens is 6. The Morgan fingerprint density at radius 3 is 1.88 bits per heavy atom. The van der Waals surface area contributed by atoms with Crippen molar-refractivity contribution < 1.29 is 46.1 Å². The van der Waals surface area contributed by atoms with Gasteiger partial charge in [0.25, 0.3) is 5.60 Å². The number of unbranched alkanes of at least 4 members (excludes halogenated alkanes) is 2. The Labute approximate surface area is 230 Å². The monoisotopic (exact) mass is 574 g/mol. The molecule has 0 aliphatic rings. The van der Waals surface area contributed by atoms with E-state index in [1.54, 1.807) is 19.1 Å². The summed E-state index contributed by atoms with van der Waals surface area (Å²) in [5.41, 5.74) is -2.07. The van der Waals surface area contributed by atoms with Crippen LogP contribution < -0.4 is 4.74 Å². The summed E-state index contributed by atoms with van der Waals surface area (Å²) < 4.78 is 84.2. The predicted molar refractivity (Wildman–Crippen MR) is 141 cm³/mol. The molecular formula is C30H36F6O4. The number of alkyl halides is 6. The highest BCUT2D eigenvalue weighted by molar-refractivity contribution is 5.66. The molecule has 0 bridgehead atoms. The Morgan fingerprint density at radius 1 is 0.850 bits per heavy atom. The van der Waals surface area contributed by atoms with E-state index in [1.807, 2.05) is 39.0 Å². The van der Waals surface area contributed by atoms with Gasteiger partial charge in [0.2, 0.25) is 0 Å². The van der Waals surface area contributed by atoms with Gasteiger partial charge in [-0.15, -0.1) is 0 Å². The van der Waals surface area contributed by atoms with E-state index in [4.69, 9.17) is 9.84 Å². The van der Waals surface area contributed by atoms with E-state index in [-0.39, 0.29) is 18.1 Å². The molecule has 0 radical (unpaired) electrons. The summed E-state index contributed by atoms with van der Waals surface area (Å²) in [7, 11) is 0. The van der Waals surface area contributed by atoms with E-state index in [2.05, 4.69) is 0 Å². The van der Waals surface area contributed by atoms with Crippen molar-refractivity contribution in [1.82, 2.24) is 0 Å². The van der Waals surface area contributed by atoms with Crippen LogP contribution in [0, 0.1) is 13.8 Å². The number of carbonyl (C=O) groups is 1. The normalized spacial score (nSPS) is 13.2. The number of aryl methyl sites for hydroxylation is 2. The summed E-state index contributed by atoms with van der Waals surface area (Å²) in [4.78, 5) is 10.6. The van der Waals surface area contributed by atoms with Crippen molar-refractivity contribution in [3.05, 3.63) is 70.3 Å². The van der Waals surface area contributed by atoms with Crippen molar-refractivity contribution >= 4 is 12.0 Å². The molecule has 2 aromatic rings. The second kappa shape index (κ2) is 13.1. The number of hydrogen-bond acceptors (Lipinski definition) is 3. The summed E-state index contributed by atoms with van der Waals surface area (Å²) in [5, 5.41) is 18.2. The molecule has 10 heteroatoms. The number of aliphatic carboxylic acids is 1. The van der Waals surface area contributed by atoms with Crippen LogP contribution in [0.4, 0.5) is 26.3 Å². The quantitative estimate of drug-likeness (QED) is 0.187. The van der Waals surface area contributed by atoms with Gasteiger partial charge in [-0.1, -0.05) is 50.3 Å². The maximum absolute atomic E-state index is 13.1. The summed E-state index contributed by atoms with van der Waals surface area (Å²) in [6.07, 6.45) is -7.90. The molecule has 0 heterocycles. The van der Waals surface area contributed by atoms with Crippen LogP contribution in [-0.2, 0) is 10.2 Å². The van der Waals surface area contributed by atoms with Crippen LogP contribution in [0.2, 0.25) is 0 Å². The van der Waals surface area contributed by atoms with Crippen LogP contribution in [0.25, 0.3) is 6.08 Å². The minimum Gasteiger partial charge on any atom is -0.493 e. The topological polar surface area (TPSA) is 66.8 Å². The molecule has 2 N–H and O–H groups in total. The van der Waals surface area contributed by atoms with E-state index in [1.165, 1.54) is 6.07 Å². The van der Waals surface area contributed by atoms with E-state index in [0.29, 0.717) is 43.3 Å². The van der Waals surface area contributed by atoms with Gasteiger partial charge < -0.3 is 14.9 Å². The molecule has 40 heavy (non-hydrogen) atoms. The lowest BCUT2D eigenvalue weighted by molar-refractivity contribution is -0.347. The standard InChI is InChI=1S/C30H36F6O4/c1-5-27(6-2,24-13-14-25(21(4)19-24)40-17-9-7-8-10-26(37)38)23-12-11-22(20(3)18-23)15-16-28(39,29(31,32)33)30(34,35)36/h11-16,18-19,39H,5-10,17H2,1-4H3,(H,37,38). The smallest absolute Gasteiger partial charge is 0.430 e. The minimum absolute atomic E-state index is 0.125. The third kappa shape index (κ3) is 7.38. The Balaban J connectivity index is 2.32. The highest BCUT2D eigenvalue weighted by atomic mass is 19.4. The average molecular weight is 575 g/mol. The fourth-order valence-corrected chi connectivity index (χ4v) is 4.80. The van der Waals surface area contributed by atoms with E-state index >= 15 is 0 Å². The van der Waals surface area contributed by atoms with Crippen LogP contribution in [0.3, 0.4) is 0 Å². The third-order valence-electron chi connectivity index (χ3n) is 7.42. The average Bonchev–Trinajstić information content (AvgIpc) is 2.86. The lowest BCUT2D eigenvalue weighted by Gasteiger charge is -2.34. The number of benzene rings is 2. The van der Waals surface area contributed by atoms with Gasteiger partial charge in [-0.25, -0.2) is 0 Å². The Morgan fingerprint density at radius 2 is 1.40 bits per heavy atom. The molecule has 0 amide bonds. The van der Waals surface area contributed by atoms with Gasteiger partial charge in [-0.2, -0.15) is 26.3 Å². The maximum Gasteiger partial charge on any atom is 0.430 e. The molecule has 0 unspecified atom stereocenters. The molecule has 222 valence electrons. The highest BCUT2D eigenvalue weighted by Crippen LogP contribution is 2.45. The number of hydrogen-bond donors (Lipinski definition) is 2. The largest absolute Gasteiger partial charge is 0.493 e. The van der Waals surface area contributed by atoms with Gasteiger partial charge >= 0.3 is 18.3 Å². The molecule has 2 rings (SSSR count). The summed E-state index contributed by atoms with van der Waals surface area (Å²) in [6, 6.07) is 10.8. The Kier molecular flexibility index (Phi) is 10.9. The molecule has 0 saturated heterocycles. The third-order valence-corrected chi connectivity index (χ3v) is 7.42. The van der Waals surface area contributed by atoms with Gasteiger partial charge in [-0.3, -0.25) is 4.79 Å². The molecular weight excluding hydrogens is 538 g/mol. The van der Waals surface area contributed by atoms with E-state index in [9.17, 15) is 36.2 Å². The van der Waals surface area contributed by atoms with Crippen molar-refractivity contribution in [1.29, 1.82) is 0 Å². The molecule has 0 spiro atoms. The highest BCUT2D eigenvalue weighted by Gasteiger charge is 2.68. The van der Waals surface area contributed by atoms with Crippen molar-refractivity contribution in [3.8, 4) is 5.75 Å². The molecule has 0 aliphatic heterocycles. The van der Waals surface area contributed by atoms with Crippen LogP contribution in [0.5, 0.6) is 5.75 Å². The zero-order valence-corrected chi connectivity index (χ0v) is 23.0. The van der Waals surface area contributed by atoms with Crippen LogP contribution in [0.1, 0.15) is 80.2 Å². The van der Waals surface area contributed by atoms with Gasteiger partial charge in [0, 0.05) is 11.8 Å². The zero-order valence-electron chi connectivity index (χ0n) is 23.0. The fraction of sp³-hybridized carbons (Fsp3) is 0.500. The molecule has 0 atom stereocenters. The first-order chi connectivity index (χ1) is 18.5. The molecule has 0 aliphatic carbocycles. The molecule has 0 saturated carbocycles. The fourth-order valence-electron chi connectivity index (χ4n) is 4.80. The zero-order chi connectivity index (χ0) is 30.4. The summed E-state index contributed by atoms with van der Waals surface area (Å²) >= 11 is 0.